The van der Waals surface area contributed by atoms with Crippen molar-refractivity contribution in [3.05, 3.63) is 24.5 Å². The molecular formula is C14H26NO3P. The van der Waals surface area contributed by atoms with Gasteiger partial charge in [-0.3, -0.25) is 4.57 Å². The van der Waals surface area contributed by atoms with Gasteiger partial charge in [-0.25, -0.2) is 0 Å². The molecule has 0 unspecified atom stereocenters. The first-order valence-electron chi connectivity index (χ1n) is 7.23. The molecule has 0 fully saturated rings. The molecule has 0 aliphatic carbocycles. The van der Waals surface area contributed by atoms with Crippen molar-refractivity contribution in [3.63, 3.8) is 0 Å². The predicted octanol–water partition coefficient (Wildman–Crippen LogP) is 3.79. The fourth-order valence-electron chi connectivity index (χ4n) is 2.19. The van der Waals surface area contributed by atoms with Crippen LogP contribution in [0.1, 0.15) is 51.4 Å². The smallest absolute Gasteiger partial charge is 0.325 e. The summed E-state index contributed by atoms with van der Waals surface area (Å²) in [6.45, 7) is 1.11. The van der Waals surface area contributed by atoms with Crippen molar-refractivity contribution in [1.29, 1.82) is 0 Å². The molecule has 1 aromatic heterocycles. The Kier molecular flexibility index (Phi) is 8.11. The van der Waals surface area contributed by atoms with Crippen molar-refractivity contribution < 1.29 is 14.4 Å². The maximum absolute atomic E-state index is 10.6. The molecule has 0 atom stereocenters. The first-order valence-corrected chi connectivity index (χ1v) is 9.03. The van der Waals surface area contributed by atoms with E-state index in [9.17, 15) is 4.57 Å². The zero-order valence-electron chi connectivity index (χ0n) is 11.6. The molecule has 1 rings (SSSR count). The van der Waals surface area contributed by atoms with Crippen LogP contribution < -0.4 is 0 Å². The lowest BCUT2D eigenvalue weighted by molar-refractivity contribution is 0.370. The second-order valence-corrected chi connectivity index (χ2v) is 6.91. The second-order valence-electron chi connectivity index (χ2n) is 5.14. The number of aryl methyl sites for hydroxylation is 1. The molecule has 1 aromatic rings. The molecule has 2 N–H and O–H groups in total. The van der Waals surface area contributed by atoms with E-state index in [0.29, 0.717) is 6.42 Å². The number of rotatable bonds is 11. The molecule has 0 saturated carbocycles. The minimum absolute atomic E-state index is 0.0455. The highest BCUT2D eigenvalue weighted by Crippen LogP contribution is 2.35. The van der Waals surface area contributed by atoms with Crippen molar-refractivity contribution in [2.24, 2.45) is 0 Å². The maximum atomic E-state index is 10.6. The summed E-state index contributed by atoms with van der Waals surface area (Å²) < 4.78 is 12.8. The standard InChI is InChI=1S/C14H26NO3P/c16-19(17,18)14-10-6-4-2-1-3-5-7-11-15-12-8-9-13-15/h8-9,12-13H,1-7,10-11,14H2,(H2,16,17,18). The molecule has 19 heavy (non-hydrogen) atoms. The van der Waals surface area contributed by atoms with Crippen LogP contribution >= 0.6 is 7.60 Å². The summed E-state index contributed by atoms with van der Waals surface area (Å²) in [7, 11) is -3.76. The average molecular weight is 287 g/mol. The van der Waals surface area contributed by atoms with Gasteiger partial charge in [-0.2, -0.15) is 0 Å². The van der Waals surface area contributed by atoms with Gasteiger partial charge in [0.2, 0.25) is 0 Å². The fourth-order valence-corrected chi connectivity index (χ4v) is 2.83. The van der Waals surface area contributed by atoms with Gasteiger partial charge in [-0.15, -0.1) is 0 Å². The lowest BCUT2D eigenvalue weighted by Crippen LogP contribution is -1.93. The summed E-state index contributed by atoms with van der Waals surface area (Å²) in [4.78, 5) is 17.4. The number of nitrogens with zero attached hydrogens (tertiary/aromatic N) is 1. The molecule has 0 radical (unpaired) electrons. The molecule has 0 spiro atoms. The third-order valence-corrected chi connectivity index (χ3v) is 4.18. The fraction of sp³-hybridized carbons (Fsp3) is 0.714. The molecule has 0 amide bonds. The third kappa shape index (κ3) is 9.94. The Morgan fingerprint density at radius 1 is 0.789 bits per heavy atom. The Hall–Kier alpha value is -0.570. The van der Waals surface area contributed by atoms with Gasteiger partial charge in [0, 0.05) is 25.1 Å². The largest absolute Gasteiger partial charge is 0.354 e. The first-order chi connectivity index (χ1) is 9.08. The zero-order chi connectivity index (χ0) is 14.0. The minimum Gasteiger partial charge on any atom is -0.354 e. The molecule has 0 aromatic carbocycles. The molecule has 0 saturated heterocycles. The van der Waals surface area contributed by atoms with E-state index in [0.717, 1.165) is 19.4 Å². The Labute approximate surface area is 116 Å². The quantitative estimate of drug-likeness (QED) is 0.481. The van der Waals surface area contributed by atoms with Crippen LogP contribution in [0.5, 0.6) is 0 Å². The van der Waals surface area contributed by atoms with Crippen molar-refractivity contribution >= 4 is 7.60 Å². The molecule has 0 aliphatic rings. The van der Waals surface area contributed by atoms with Crippen molar-refractivity contribution in [3.8, 4) is 0 Å². The van der Waals surface area contributed by atoms with Gasteiger partial charge in [-0.05, 0) is 25.0 Å². The molecule has 5 heteroatoms. The molecule has 0 bridgehead atoms. The number of aromatic nitrogens is 1. The topological polar surface area (TPSA) is 62.5 Å². The van der Waals surface area contributed by atoms with E-state index >= 15 is 0 Å². The van der Waals surface area contributed by atoms with Crippen LogP contribution in [-0.4, -0.2) is 20.5 Å². The molecule has 110 valence electrons. The SMILES string of the molecule is O=P(O)(O)CCCCCCCCCCn1cccc1. The Morgan fingerprint density at radius 3 is 1.79 bits per heavy atom. The molecule has 1 heterocycles. The highest BCUT2D eigenvalue weighted by molar-refractivity contribution is 7.51. The van der Waals surface area contributed by atoms with Crippen LogP contribution in [0, 0.1) is 0 Å². The van der Waals surface area contributed by atoms with Crippen LogP contribution in [0.2, 0.25) is 0 Å². The van der Waals surface area contributed by atoms with Crippen molar-refractivity contribution in [2.45, 2.75) is 57.9 Å². The van der Waals surface area contributed by atoms with E-state index in [4.69, 9.17) is 9.79 Å². The number of unbranched alkanes of at least 4 members (excludes halogenated alkanes) is 7. The van der Waals surface area contributed by atoms with E-state index in [1.165, 1.54) is 32.1 Å². The van der Waals surface area contributed by atoms with Gasteiger partial charge in [0.1, 0.15) is 0 Å². The van der Waals surface area contributed by atoms with E-state index in [1.54, 1.807) is 0 Å². The summed E-state index contributed by atoms with van der Waals surface area (Å²) >= 11 is 0. The van der Waals surface area contributed by atoms with Gasteiger partial charge in [0.15, 0.2) is 0 Å². The van der Waals surface area contributed by atoms with Crippen molar-refractivity contribution in [2.75, 3.05) is 6.16 Å². The normalized spacial score (nSPS) is 11.9. The number of hydrogen-bond acceptors (Lipinski definition) is 1. The first kappa shape index (κ1) is 16.5. The van der Waals surface area contributed by atoms with Gasteiger partial charge in [0.05, 0.1) is 0 Å². The van der Waals surface area contributed by atoms with Crippen LogP contribution in [0.15, 0.2) is 24.5 Å². The van der Waals surface area contributed by atoms with Gasteiger partial charge in [0.25, 0.3) is 0 Å². The van der Waals surface area contributed by atoms with Crippen LogP contribution in [0.25, 0.3) is 0 Å². The van der Waals surface area contributed by atoms with E-state index in [2.05, 4.69) is 29.1 Å². The maximum Gasteiger partial charge on any atom is 0.325 e. The number of hydrogen-bond donors (Lipinski definition) is 2. The molecular weight excluding hydrogens is 261 g/mol. The summed E-state index contributed by atoms with van der Waals surface area (Å²) in [6.07, 6.45) is 13.1. The highest BCUT2D eigenvalue weighted by Gasteiger charge is 2.10. The average Bonchev–Trinajstić information content (AvgIpc) is 2.83. The highest BCUT2D eigenvalue weighted by atomic mass is 31.2. The monoisotopic (exact) mass is 287 g/mol. The predicted molar refractivity (Wildman–Crippen MR) is 78.3 cm³/mol. The van der Waals surface area contributed by atoms with Crippen LogP contribution in [0.4, 0.5) is 0 Å². The van der Waals surface area contributed by atoms with Gasteiger partial charge >= 0.3 is 7.60 Å². The van der Waals surface area contributed by atoms with E-state index in [-0.39, 0.29) is 6.16 Å². The summed E-state index contributed by atoms with van der Waals surface area (Å²) in [6, 6.07) is 4.11. The van der Waals surface area contributed by atoms with Crippen molar-refractivity contribution in [1.82, 2.24) is 4.57 Å². The lowest BCUT2D eigenvalue weighted by atomic mass is 10.1. The summed E-state index contributed by atoms with van der Waals surface area (Å²) in [5, 5.41) is 0. The summed E-state index contributed by atoms with van der Waals surface area (Å²) in [5.74, 6) is 0. The Balaban J connectivity index is 1.80. The Morgan fingerprint density at radius 2 is 1.26 bits per heavy atom. The van der Waals surface area contributed by atoms with Crippen LogP contribution in [-0.2, 0) is 11.1 Å². The zero-order valence-corrected chi connectivity index (χ0v) is 12.5. The second kappa shape index (κ2) is 9.35. The lowest BCUT2D eigenvalue weighted by Gasteiger charge is -2.04. The Bertz CT molecular complexity index is 359. The minimum atomic E-state index is -3.76. The molecule has 0 aliphatic heterocycles. The van der Waals surface area contributed by atoms with Crippen LogP contribution in [0.3, 0.4) is 0 Å². The van der Waals surface area contributed by atoms with Gasteiger partial charge < -0.3 is 14.4 Å². The molecule has 4 nitrogen and oxygen atoms in total. The summed E-state index contributed by atoms with van der Waals surface area (Å²) in [5.41, 5.74) is 0. The van der Waals surface area contributed by atoms with E-state index in [1.807, 2.05) is 0 Å². The van der Waals surface area contributed by atoms with E-state index < -0.39 is 7.60 Å². The third-order valence-electron chi connectivity index (χ3n) is 3.28. The van der Waals surface area contributed by atoms with Gasteiger partial charge in [-0.1, -0.05) is 38.5 Å².